The van der Waals surface area contributed by atoms with E-state index in [1.54, 1.807) is 0 Å². The average Bonchev–Trinajstić information content (AvgIpc) is 2.23. The summed E-state index contributed by atoms with van der Waals surface area (Å²) < 4.78 is 0. The predicted octanol–water partition coefficient (Wildman–Crippen LogP) is 2.86. The van der Waals surface area contributed by atoms with Crippen molar-refractivity contribution in [3.05, 3.63) is 0 Å². The highest BCUT2D eigenvalue weighted by molar-refractivity contribution is 5.79. The molecular formula is C14H25NO. The molecule has 16 heavy (non-hydrogen) atoms. The fourth-order valence-electron chi connectivity index (χ4n) is 3.53. The average molecular weight is 223 g/mol. The molecule has 4 unspecified atom stereocenters. The maximum absolute atomic E-state index is 11.6. The maximum atomic E-state index is 11.6. The Labute approximate surface area is 99.4 Å². The molecule has 4 atom stereocenters. The van der Waals surface area contributed by atoms with Crippen molar-refractivity contribution >= 4 is 5.78 Å². The molecule has 0 bridgehead atoms. The summed E-state index contributed by atoms with van der Waals surface area (Å²) in [6.45, 7) is 8.25. The molecule has 2 nitrogen and oxygen atoms in total. The molecule has 2 aliphatic rings. The van der Waals surface area contributed by atoms with Gasteiger partial charge in [-0.1, -0.05) is 13.8 Å². The van der Waals surface area contributed by atoms with Crippen LogP contribution in [0, 0.1) is 11.8 Å². The van der Waals surface area contributed by atoms with Crippen LogP contribution in [0.4, 0.5) is 0 Å². The molecule has 1 heterocycles. The lowest BCUT2D eigenvalue weighted by Crippen LogP contribution is -2.52. The topological polar surface area (TPSA) is 20.3 Å². The molecule has 0 radical (unpaired) electrons. The molecule has 0 spiro atoms. The van der Waals surface area contributed by atoms with Crippen molar-refractivity contribution in [2.45, 2.75) is 65.0 Å². The van der Waals surface area contributed by atoms with Gasteiger partial charge in [-0.3, -0.25) is 9.69 Å². The second-order valence-corrected chi connectivity index (χ2v) is 6.04. The molecule has 0 N–H and O–H groups in total. The van der Waals surface area contributed by atoms with Crippen LogP contribution in [-0.4, -0.2) is 29.3 Å². The second-order valence-electron chi connectivity index (χ2n) is 6.04. The van der Waals surface area contributed by atoms with Crippen LogP contribution in [0.5, 0.6) is 0 Å². The number of hydrogen-bond donors (Lipinski definition) is 0. The zero-order chi connectivity index (χ0) is 11.7. The Hall–Kier alpha value is -0.370. The van der Waals surface area contributed by atoms with Crippen LogP contribution in [0.1, 0.15) is 52.9 Å². The Morgan fingerprint density at radius 3 is 2.69 bits per heavy atom. The van der Waals surface area contributed by atoms with Crippen molar-refractivity contribution in [2.75, 3.05) is 6.54 Å². The minimum Gasteiger partial charge on any atom is -0.300 e. The first-order valence-electron chi connectivity index (χ1n) is 6.85. The van der Waals surface area contributed by atoms with E-state index in [9.17, 15) is 4.79 Å². The number of ketones is 1. The summed E-state index contributed by atoms with van der Waals surface area (Å²) in [6.07, 6.45) is 5.32. The molecule has 2 rings (SSSR count). The quantitative estimate of drug-likeness (QED) is 0.681. The van der Waals surface area contributed by atoms with Crippen molar-refractivity contribution < 1.29 is 4.79 Å². The smallest absolute Gasteiger partial charge is 0.134 e. The molecule has 2 heteroatoms. The van der Waals surface area contributed by atoms with Crippen molar-refractivity contribution in [1.82, 2.24) is 4.90 Å². The largest absolute Gasteiger partial charge is 0.300 e. The van der Waals surface area contributed by atoms with Gasteiger partial charge in [0.25, 0.3) is 0 Å². The van der Waals surface area contributed by atoms with E-state index in [-0.39, 0.29) is 0 Å². The summed E-state index contributed by atoms with van der Waals surface area (Å²) in [7, 11) is 0. The molecule has 1 aliphatic heterocycles. The SMILES string of the molecule is CC1CC(C)C(C)N(C2CCCC(=O)C2)C1. The Morgan fingerprint density at radius 1 is 1.25 bits per heavy atom. The summed E-state index contributed by atoms with van der Waals surface area (Å²) in [5.41, 5.74) is 0. The van der Waals surface area contributed by atoms with Gasteiger partial charge in [0.1, 0.15) is 5.78 Å². The van der Waals surface area contributed by atoms with Gasteiger partial charge >= 0.3 is 0 Å². The first-order chi connectivity index (χ1) is 7.58. The van der Waals surface area contributed by atoms with Gasteiger partial charge in [-0.2, -0.15) is 0 Å². The lowest BCUT2D eigenvalue weighted by atomic mass is 9.82. The number of carbonyl (C=O) groups is 1. The van der Waals surface area contributed by atoms with Crippen LogP contribution in [0.2, 0.25) is 0 Å². The molecule has 92 valence electrons. The molecule has 1 saturated heterocycles. The number of Topliss-reactive ketones (excluding diaryl/α,β-unsaturated/α-hetero) is 1. The summed E-state index contributed by atoms with van der Waals surface area (Å²) >= 11 is 0. The Kier molecular flexibility index (Phi) is 3.68. The van der Waals surface area contributed by atoms with Crippen molar-refractivity contribution in [1.29, 1.82) is 0 Å². The van der Waals surface area contributed by atoms with E-state index in [4.69, 9.17) is 0 Å². The molecule has 0 aromatic carbocycles. The second kappa shape index (κ2) is 4.87. The normalized spacial score (nSPS) is 42.3. The van der Waals surface area contributed by atoms with E-state index in [0.717, 1.165) is 31.1 Å². The highest BCUT2D eigenvalue weighted by Crippen LogP contribution is 2.32. The summed E-state index contributed by atoms with van der Waals surface area (Å²) in [4.78, 5) is 14.2. The highest BCUT2D eigenvalue weighted by atomic mass is 16.1. The zero-order valence-electron chi connectivity index (χ0n) is 10.9. The molecule has 1 aliphatic carbocycles. The number of hydrogen-bond acceptors (Lipinski definition) is 2. The number of carbonyl (C=O) groups excluding carboxylic acids is 1. The molecule has 0 aromatic heterocycles. The molecule has 0 aromatic rings. The fourth-order valence-corrected chi connectivity index (χ4v) is 3.53. The van der Waals surface area contributed by atoms with E-state index in [1.807, 2.05) is 0 Å². The van der Waals surface area contributed by atoms with Crippen LogP contribution in [0.3, 0.4) is 0 Å². The van der Waals surface area contributed by atoms with Crippen LogP contribution in [-0.2, 0) is 4.79 Å². The number of piperidine rings is 1. The standard InChI is InChI=1S/C14H25NO/c1-10-7-11(2)12(3)15(9-10)13-5-4-6-14(16)8-13/h10-13H,4-9H2,1-3H3. The molecular weight excluding hydrogens is 198 g/mol. The first kappa shape index (κ1) is 12.1. The number of nitrogens with zero attached hydrogens (tertiary/aromatic N) is 1. The summed E-state index contributed by atoms with van der Waals surface area (Å²) in [6, 6.07) is 1.20. The summed E-state index contributed by atoms with van der Waals surface area (Å²) in [5.74, 6) is 2.05. The predicted molar refractivity (Wildman–Crippen MR) is 66.4 cm³/mol. The van der Waals surface area contributed by atoms with Crippen LogP contribution >= 0.6 is 0 Å². The van der Waals surface area contributed by atoms with Gasteiger partial charge in [-0.15, -0.1) is 0 Å². The van der Waals surface area contributed by atoms with Gasteiger partial charge in [0.15, 0.2) is 0 Å². The third-order valence-corrected chi connectivity index (χ3v) is 4.57. The van der Waals surface area contributed by atoms with Gasteiger partial charge in [-0.25, -0.2) is 0 Å². The van der Waals surface area contributed by atoms with E-state index >= 15 is 0 Å². The maximum Gasteiger partial charge on any atom is 0.134 e. The lowest BCUT2D eigenvalue weighted by Gasteiger charge is -2.46. The van der Waals surface area contributed by atoms with Crippen molar-refractivity contribution in [3.63, 3.8) is 0 Å². The Bertz CT molecular complexity index is 263. The lowest BCUT2D eigenvalue weighted by molar-refractivity contribution is -0.123. The van der Waals surface area contributed by atoms with Gasteiger partial charge in [-0.05, 0) is 38.0 Å². The van der Waals surface area contributed by atoms with Gasteiger partial charge in [0.2, 0.25) is 0 Å². The van der Waals surface area contributed by atoms with Crippen LogP contribution in [0.15, 0.2) is 0 Å². The minimum absolute atomic E-state index is 0.481. The van der Waals surface area contributed by atoms with Crippen LogP contribution < -0.4 is 0 Å². The van der Waals surface area contributed by atoms with E-state index in [2.05, 4.69) is 25.7 Å². The van der Waals surface area contributed by atoms with Gasteiger partial charge in [0.05, 0.1) is 0 Å². The highest BCUT2D eigenvalue weighted by Gasteiger charge is 2.35. The Morgan fingerprint density at radius 2 is 2.00 bits per heavy atom. The fraction of sp³-hybridized carbons (Fsp3) is 0.929. The van der Waals surface area contributed by atoms with E-state index in [1.165, 1.54) is 19.4 Å². The van der Waals surface area contributed by atoms with E-state index < -0.39 is 0 Å². The molecule has 1 saturated carbocycles. The number of rotatable bonds is 1. The molecule has 0 amide bonds. The van der Waals surface area contributed by atoms with Gasteiger partial charge in [0, 0.05) is 31.5 Å². The minimum atomic E-state index is 0.481. The van der Waals surface area contributed by atoms with Crippen LogP contribution in [0.25, 0.3) is 0 Å². The number of likely N-dealkylation sites (tertiary alicyclic amines) is 1. The van der Waals surface area contributed by atoms with Crippen molar-refractivity contribution in [2.24, 2.45) is 11.8 Å². The third-order valence-electron chi connectivity index (χ3n) is 4.57. The van der Waals surface area contributed by atoms with E-state index in [0.29, 0.717) is 17.9 Å². The van der Waals surface area contributed by atoms with Gasteiger partial charge < -0.3 is 0 Å². The van der Waals surface area contributed by atoms with Crippen molar-refractivity contribution in [3.8, 4) is 0 Å². The first-order valence-corrected chi connectivity index (χ1v) is 6.85. The Balaban J connectivity index is 2.03. The monoisotopic (exact) mass is 223 g/mol. The third kappa shape index (κ3) is 2.48. The molecule has 2 fully saturated rings. The zero-order valence-corrected chi connectivity index (χ0v) is 10.9. The summed E-state index contributed by atoms with van der Waals surface area (Å²) in [5, 5.41) is 0.